The van der Waals surface area contributed by atoms with Crippen molar-refractivity contribution in [2.24, 2.45) is 11.8 Å². The van der Waals surface area contributed by atoms with Crippen LogP contribution in [0.1, 0.15) is 36.2 Å². The average molecular weight is 289 g/mol. The molecule has 2 atom stereocenters. The molecule has 1 aliphatic rings. The predicted octanol–water partition coefficient (Wildman–Crippen LogP) is 2.29. The molecule has 0 spiro atoms. The number of nitrogens with zero attached hydrogens (tertiary/aromatic N) is 1. The van der Waals surface area contributed by atoms with Crippen LogP contribution < -0.4 is 0 Å². The van der Waals surface area contributed by atoms with E-state index in [1.807, 2.05) is 4.90 Å². The van der Waals surface area contributed by atoms with E-state index < -0.39 is 5.82 Å². The minimum atomic E-state index is -0.436. The quantitative estimate of drug-likeness (QED) is 0.806. The summed E-state index contributed by atoms with van der Waals surface area (Å²) in [6, 6.07) is 3.99. The van der Waals surface area contributed by atoms with Crippen LogP contribution in [0.25, 0.3) is 0 Å². The number of aliphatic hydroxyl groups is 1. The number of piperidine rings is 1. The van der Waals surface area contributed by atoms with E-state index in [0.717, 1.165) is 6.42 Å². The molecule has 0 aromatic heterocycles. The number of carbonyl (C=O) groups excluding carboxylic acids is 1. The Bertz CT molecular complexity index is 588. The second-order valence-corrected chi connectivity index (χ2v) is 5.64. The zero-order chi connectivity index (χ0) is 15.4. The van der Waals surface area contributed by atoms with Crippen molar-refractivity contribution < 1.29 is 14.3 Å². The van der Waals surface area contributed by atoms with Gasteiger partial charge >= 0.3 is 0 Å². The molecule has 1 heterocycles. The van der Waals surface area contributed by atoms with Crippen LogP contribution in [-0.4, -0.2) is 35.6 Å². The molecule has 1 aromatic rings. The van der Waals surface area contributed by atoms with Gasteiger partial charge in [0, 0.05) is 18.7 Å². The molecule has 2 unspecified atom stereocenters. The number of carbonyl (C=O) groups is 1. The van der Waals surface area contributed by atoms with Crippen LogP contribution in [0, 0.1) is 29.5 Å². The molecule has 1 aliphatic heterocycles. The Balaban J connectivity index is 2.26. The molecule has 0 saturated carbocycles. The molecule has 112 valence electrons. The second kappa shape index (κ2) is 6.73. The standard InChI is InChI=1S/C17H20FNO2/c1-12-7-8-19(11-13(12)2)17(21)16-6-5-15(18)10-14(16)4-3-9-20/h5-6,10,12-13,20H,7-9,11H2,1-2H3. The van der Waals surface area contributed by atoms with Crippen molar-refractivity contribution in [3.8, 4) is 11.8 Å². The smallest absolute Gasteiger partial charge is 0.255 e. The van der Waals surface area contributed by atoms with Crippen LogP contribution in [0.5, 0.6) is 0 Å². The van der Waals surface area contributed by atoms with Crippen molar-refractivity contribution in [2.75, 3.05) is 19.7 Å². The number of likely N-dealkylation sites (tertiary alicyclic amines) is 1. The first-order valence-corrected chi connectivity index (χ1v) is 7.21. The third-order valence-electron chi connectivity index (χ3n) is 4.14. The van der Waals surface area contributed by atoms with Crippen molar-refractivity contribution in [3.05, 3.63) is 35.1 Å². The molecule has 4 heteroatoms. The zero-order valence-electron chi connectivity index (χ0n) is 12.4. The maximum atomic E-state index is 13.3. The average Bonchev–Trinajstić information content (AvgIpc) is 2.47. The predicted molar refractivity (Wildman–Crippen MR) is 79.2 cm³/mol. The van der Waals surface area contributed by atoms with Crippen molar-refractivity contribution in [1.82, 2.24) is 4.90 Å². The minimum Gasteiger partial charge on any atom is -0.384 e. The van der Waals surface area contributed by atoms with E-state index in [1.54, 1.807) is 0 Å². The highest BCUT2D eigenvalue weighted by Gasteiger charge is 2.27. The maximum absolute atomic E-state index is 13.3. The van der Waals surface area contributed by atoms with E-state index in [4.69, 9.17) is 5.11 Å². The van der Waals surface area contributed by atoms with E-state index in [0.29, 0.717) is 36.1 Å². The van der Waals surface area contributed by atoms with Crippen molar-refractivity contribution in [2.45, 2.75) is 20.3 Å². The SMILES string of the molecule is CC1CCN(C(=O)c2ccc(F)cc2C#CCO)CC1C. The first-order valence-electron chi connectivity index (χ1n) is 7.21. The third kappa shape index (κ3) is 3.62. The lowest BCUT2D eigenvalue weighted by Crippen LogP contribution is -2.42. The summed E-state index contributed by atoms with van der Waals surface area (Å²) >= 11 is 0. The van der Waals surface area contributed by atoms with Gasteiger partial charge in [0.1, 0.15) is 12.4 Å². The highest BCUT2D eigenvalue weighted by atomic mass is 19.1. The van der Waals surface area contributed by atoms with Gasteiger partial charge in [-0.2, -0.15) is 0 Å². The first kappa shape index (κ1) is 15.5. The van der Waals surface area contributed by atoms with Crippen LogP contribution in [0.4, 0.5) is 4.39 Å². The fraction of sp³-hybridized carbons (Fsp3) is 0.471. The number of halogens is 1. The lowest BCUT2D eigenvalue weighted by molar-refractivity contribution is 0.0627. The van der Waals surface area contributed by atoms with Crippen LogP contribution in [-0.2, 0) is 0 Å². The number of hydrogen-bond donors (Lipinski definition) is 1. The van der Waals surface area contributed by atoms with E-state index in [9.17, 15) is 9.18 Å². The van der Waals surface area contributed by atoms with Gasteiger partial charge in [-0.3, -0.25) is 4.79 Å². The highest BCUT2D eigenvalue weighted by Crippen LogP contribution is 2.24. The summed E-state index contributed by atoms with van der Waals surface area (Å²) < 4.78 is 13.3. The highest BCUT2D eigenvalue weighted by molar-refractivity contribution is 5.96. The minimum absolute atomic E-state index is 0.115. The van der Waals surface area contributed by atoms with Gasteiger partial charge in [-0.05, 0) is 36.5 Å². The summed E-state index contributed by atoms with van der Waals surface area (Å²) in [5.74, 6) is 5.64. The molecule has 0 bridgehead atoms. The van der Waals surface area contributed by atoms with Gasteiger partial charge in [0.15, 0.2) is 0 Å². The van der Waals surface area contributed by atoms with Gasteiger partial charge in [0.05, 0.1) is 5.56 Å². The van der Waals surface area contributed by atoms with Crippen LogP contribution in [0.2, 0.25) is 0 Å². The van der Waals surface area contributed by atoms with Crippen LogP contribution in [0.15, 0.2) is 18.2 Å². The van der Waals surface area contributed by atoms with Gasteiger partial charge < -0.3 is 10.0 Å². The van der Waals surface area contributed by atoms with E-state index in [-0.39, 0.29) is 12.5 Å². The van der Waals surface area contributed by atoms with E-state index in [2.05, 4.69) is 25.7 Å². The molecular weight excluding hydrogens is 269 g/mol. The van der Waals surface area contributed by atoms with Gasteiger partial charge in [0.25, 0.3) is 5.91 Å². The first-order chi connectivity index (χ1) is 10.0. The Morgan fingerprint density at radius 3 is 2.86 bits per heavy atom. The molecule has 1 amide bonds. The summed E-state index contributed by atoms with van der Waals surface area (Å²) in [4.78, 5) is 14.4. The molecule has 1 N–H and O–H groups in total. The Hall–Kier alpha value is -1.86. The van der Waals surface area contributed by atoms with Gasteiger partial charge in [0.2, 0.25) is 0 Å². The number of hydrogen-bond acceptors (Lipinski definition) is 2. The summed E-state index contributed by atoms with van der Waals surface area (Å²) in [7, 11) is 0. The lowest BCUT2D eigenvalue weighted by atomic mass is 9.88. The fourth-order valence-electron chi connectivity index (χ4n) is 2.56. The van der Waals surface area contributed by atoms with Crippen LogP contribution in [0.3, 0.4) is 0 Å². The Morgan fingerprint density at radius 2 is 2.19 bits per heavy atom. The second-order valence-electron chi connectivity index (χ2n) is 5.64. The summed E-state index contributed by atoms with van der Waals surface area (Å²) in [6.45, 7) is 5.45. The summed E-state index contributed by atoms with van der Waals surface area (Å²) in [6.07, 6.45) is 0.978. The fourth-order valence-corrected chi connectivity index (χ4v) is 2.56. The molecule has 1 saturated heterocycles. The molecule has 3 nitrogen and oxygen atoms in total. The molecule has 0 aliphatic carbocycles. The van der Waals surface area contributed by atoms with Gasteiger partial charge in [-0.1, -0.05) is 25.7 Å². The Labute approximate surface area is 124 Å². The molecule has 0 radical (unpaired) electrons. The van der Waals surface area contributed by atoms with Crippen molar-refractivity contribution >= 4 is 5.91 Å². The van der Waals surface area contributed by atoms with Gasteiger partial charge in [-0.25, -0.2) is 4.39 Å². The van der Waals surface area contributed by atoms with E-state index >= 15 is 0 Å². The Kier molecular flexibility index (Phi) is 4.98. The molecule has 1 aromatic carbocycles. The van der Waals surface area contributed by atoms with Crippen molar-refractivity contribution in [1.29, 1.82) is 0 Å². The third-order valence-corrected chi connectivity index (χ3v) is 4.14. The molecule has 2 rings (SSSR count). The number of amides is 1. The maximum Gasteiger partial charge on any atom is 0.255 e. The summed E-state index contributed by atoms with van der Waals surface area (Å²) in [5.41, 5.74) is 0.736. The number of aliphatic hydroxyl groups excluding tert-OH is 1. The summed E-state index contributed by atoms with van der Waals surface area (Å²) in [5, 5.41) is 8.78. The normalized spacial score (nSPS) is 21.6. The molecule has 21 heavy (non-hydrogen) atoms. The van der Waals surface area contributed by atoms with Gasteiger partial charge in [-0.15, -0.1) is 0 Å². The van der Waals surface area contributed by atoms with Crippen LogP contribution >= 0.6 is 0 Å². The lowest BCUT2D eigenvalue weighted by Gasteiger charge is -2.35. The zero-order valence-corrected chi connectivity index (χ0v) is 12.4. The Morgan fingerprint density at radius 1 is 1.43 bits per heavy atom. The molecule has 1 fully saturated rings. The number of benzene rings is 1. The molecular formula is C17H20FNO2. The largest absolute Gasteiger partial charge is 0.384 e. The van der Waals surface area contributed by atoms with Crippen molar-refractivity contribution in [3.63, 3.8) is 0 Å². The topological polar surface area (TPSA) is 40.5 Å². The monoisotopic (exact) mass is 289 g/mol. The number of rotatable bonds is 1. The van der Waals surface area contributed by atoms with E-state index in [1.165, 1.54) is 18.2 Å².